The zero-order chi connectivity index (χ0) is 15.5. The monoisotopic (exact) mass is 300 g/mol. The molecule has 0 bridgehead atoms. The number of aromatic nitrogens is 2. The lowest BCUT2D eigenvalue weighted by molar-refractivity contribution is 0.260. The minimum atomic E-state index is -0.341. The second-order valence-electron chi connectivity index (χ2n) is 5.39. The average Bonchev–Trinajstić information content (AvgIpc) is 2.80. The van der Waals surface area contributed by atoms with Gasteiger partial charge in [-0.15, -0.1) is 0 Å². The van der Waals surface area contributed by atoms with Crippen molar-refractivity contribution in [3.63, 3.8) is 0 Å². The Bertz CT molecular complexity index is 719. The summed E-state index contributed by atoms with van der Waals surface area (Å²) in [5, 5.41) is 13.2. The summed E-state index contributed by atoms with van der Waals surface area (Å²) >= 11 is 0. The predicted octanol–water partition coefficient (Wildman–Crippen LogP) is 2.31. The van der Waals surface area contributed by atoms with Gasteiger partial charge >= 0.3 is 0 Å². The number of benzene rings is 1. The molecule has 22 heavy (non-hydrogen) atoms. The molecule has 0 spiro atoms. The molecule has 0 atom stereocenters. The summed E-state index contributed by atoms with van der Waals surface area (Å²) in [7, 11) is 1.46. The maximum absolute atomic E-state index is 13.8. The van der Waals surface area contributed by atoms with Crippen LogP contribution in [0.3, 0.4) is 0 Å². The van der Waals surface area contributed by atoms with Crippen LogP contribution in [0.5, 0.6) is 5.75 Å². The fourth-order valence-corrected chi connectivity index (χ4v) is 2.78. The van der Waals surface area contributed by atoms with Crippen molar-refractivity contribution in [1.29, 1.82) is 5.26 Å². The molecule has 0 fully saturated rings. The maximum atomic E-state index is 13.8. The van der Waals surface area contributed by atoms with Crippen LogP contribution < -0.4 is 4.74 Å². The summed E-state index contributed by atoms with van der Waals surface area (Å²) in [5.74, 6) is -0.0806. The molecule has 0 radical (unpaired) electrons. The molecule has 0 saturated carbocycles. The third kappa shape index (κ3) is 2.95. The molecule has 2 aromatic rings. The van der Waals surface area contributed by atoms with E-state index in [0.717, 1.165) is 30.8 Å². The first-order valence-corrected chi connectivity index (χ1v) is 7.21. The topological polar surface area (TPSA) is 54.1 Å². The van der Waals surface area contributed by atoms with Crippen LogP contribution in [0, 0.1) is 17.1 Å². The van der Waals surface area contributed by atoms with Gasteiger partial charge < -0.3 is 4.74 Å². The van der Waals surface area contributed by atoms with Crippen molar-refractivity contribution in [3.05, 3.63) is 47.0 Å². The summed E-state index contributed by atoms with van der Waals surface area (Å²) in [5.41, 5.74) is 2.39. The standard InChI is InChI=1S/C16H17FN4O/c1-22-16-4-3-12(7-15(16)17)10-20-5-2-6-21-14(11-20)8-13(9-18)19-21/h3-4,7-8H,2,5-6,10-11H2,1H3. The fourth-order valence-electron chi connectivity index (χ4n) is 2.78. The minimum absolute atomic E-state index is 0.261. The lowest BCUT2D eigenvalue weighted by Crippen LogP contribution is -2.22. The number of halogens is 1. The fraction of sp³-hybridized carbons (Fsp3) is 0.375. The van der Waals surface area contributed by atoms with Crippen LogP contribution in [0.4, 0.5) is 4.39 Å². The molecule has 0 N–H and O–H groups in total. The van der Waals surface area contributed by atoms with E-state index in [0.29, 0.717) is 18.8 Å². The number of ether oxygens (including phenoxy) is 1. The smallest absolute Gasteiger partial charge is 0.165 e. The number of nitriles is 1. The Morgan fingerprint density at radius 3 is 2.95 bits per heavy atom. The first kappa shape index (κ1) is 14.5. The molecule has 114 valence electrons. The average molecular weight is 300 g/mol. The van der Waals surface area contributed by atoms with Gasteiger partial charge in [0.2, 0.25) is 0 Å². The van der Waals surface area contributed by atoms with Crippen molar-refractivity contribution in [1.82, 2.24) is 14.7 Å². The van der Waals surface area contributed by atoms with E-state index in [1.165, 1.54) is 13.2 Å². The van der Waals surface area contributed by atoms with Gasteiger partial charge in [-0.3, -0.25) is 9.58 Å². The zero-order valence-electron chi connectivity index (χ0n) is 12.4. The number of methoxy groups -OCH3 is 1. The van der Waals surface area contributed by atoms with Crippen LogP contribution in [-0.4, -0.2) is 28.3 Å². The number of hydrogen-bond donors (Lipinski definition) is 0. The molecule has 2 heterocycles. The van der Waals surface area contributed by atoms with Gasteiger partial charge in [-0.1, -0.05) is 6.07 Å². The summed E-state index contributed by atoms with van der Waals surface area (Å²) in [6.45, 7) is 3.10. The molecular formula is C16H17FN4O. The minimum Gasteiger partial charge on any atom is -0.494 e. The van der Waals surface area contributed by atoms with E-state index in [4.69, 9.17) is 10.00 Å². The van der Waals surface area contributed by atoms with Crippen LogP contribution >= 0.6 is 0 Å². The Labute approximate surface area is 128 Å². The first-order valence-electron chi connectivity index (χ1n) is 7.21. The second-order valence-corrected chi connectivity index (χ2v) is 5.39. The zero-order valence-corrected chi connectivity index (χ0v) is 12.4. The highest BCUT2D eigenvalue weighted by atomic mass is 19.1. The molecule has 0 saturated heterocycles. The Morgan fingerprint density at radius 1 is 1.36 bits per heavy atom. The van der Waals surface area contributed by atoms with Crippen LogP contribution in [0.2, 0.25) is 0 Å². The quantitative estimate of drug-likeness (QED) is 0.873. The van der Waals surface area contributed by atoms with Crippen molar-refractivity contribution >= 4 is 0 Å². The van der Waals surface area contributed by atoms with E-state index in [9.17, 15) is 4.39 Å². The van der Waals surface area contributed by atoms with E-state index >= 15 is 0 Å². The molecule has 0 aliphatic carbocycles. The van der Waals surface area contributed by atoms with Crippen molar-refractivity contribution in [2.45, 2.75) is 26.1 Å². The molecule has 6 heteroatoms. The molecule has 0 amide bonds. The largest absolute Gasteiger partial charge is 0.494 e. The van der Waals surface area contributed by atoms with E-state index in [-0.39, 0.29) is 11.6 Å². The summed E-state index contributed by atoms with van der Waals surface area (Å²) < 4.78 is 20.6. The number of aryl methyl sites for hydroxylation is 1. The second kappa shape index (κ2) is 6.16. The number of rotatable bonds is 3. The third-order valence-corrected chi connectivity index (χ3v) is 3.83. The Hall–Kier alpha value is -2.39. The van der Waals surface area contributed by atoms with Crippen LogP contribution in [0.1, 0.15) is 23.4 Å². The van der Waals surface area contributed by atoms with E-state index < -0.39 is 0 Å². The van der Waals surface area contributed by atoms with Crippen molar-refractivity contribution in [2.24, 2.45) is 0 Å². The van der Waals surface area contributed by atoms with Gasteiger partial charge in [0.05, 0.1) is 12.8 Å². The van der Waals surface area contributed by atoms with Crippen LogP contribution in [-0.2, 0) is 19.6 Å². The molecule has 1 aromatic heterocycles. The van der Waals surface area contributed by atoms with Gasteiger partial charge in [0, 0.05) is 26.2 Å². The first-order chi connectivity index (χ1) is 10.7. The number of hydrogen-bond acceptors (Lipinski definition) is 4. The molecular weight excluding hydrogens is 283 g/mol. The molecule has 1 aliphatic rings. The molecule has 1 aromatic carbocycles. The van der Waals surface area contributed by atoms with E-state index in [1.54, 1.807) is 6.07 Å². The van der Waals surface area contributed by atoms with Crippen molar-refractivity contribution < 1.29 is 9.13 Å². The Kier molecular flexibility index (Phi) is 4.07. The normalized spacial score (nSPS) is 15.0. The van der Waals surface area contributed by atoms with Gasteiger partial charge in [-0.25, -0.2) is 4.39 Å². The van der Waals surface area contributed by atoms with Gasteiger partial charge in [0.15, 0.2) is 17.3 Å². The lowest BCUT2D eigenvalue weighted by atomic mass is 10.2. The highest BCUT2D eigenvalue weighted by molar-refractivity contribution is 5.29. The summed E-state index contributed by atoms with van der Waals surface area (Å²) in [6.07, 6.45) is 0.957. The van der Waals surface area contributed by atoms with E-state index in [1.807, 2.05) is 16.8 Å². The highest BCUT2D eigenvalue weighted by Crippen LogP contribution is 2.20. The number of fused-ring (bicyclic) bond motifs is 1. The molecule has 1 aliphatic heterocycles. The van der Waals surface area contributed by atoms with Crippen LogP contribution in [0.25, 0.3) is 0 Å². The van der Waals surface area contributed by atoms with Crippen molar-refractivity contribution in [2.75, 3.05) is 13.7 Å². The van der Waals surface area contributed by atoms with Gasteiger partial charge in [0.25, 0.3) is 0 Å². The SMILES string of the molecule is COc1ccc(CN2CCCn3nc(C#N)cc3C2)cc1F. The maximum Gasteiger partial charge on any atom is 0.165 e. The van der Waals surface area contributed by atoms with Gasteiger partial charge in [-0.05, 0) is 30.2 Å². The summed E-state index contributed by atoms with van der Waals surface area (Å²) in [4.78, 5) is 2.24. The number of nitrogens with zero attached hydrogens (tertiary/aromatic N) is 4. The predicted molar refractivity (Wildman–Crippen MR) is 78.6 cm³/mol. The van der Waals surface area contributed by atoms with Crippen molar-refractivity contribution in [3.8, 4) is 11.8 Å². The molecule has 5 nitrogen and oxygen atoms in total. The molecule has 0 unspecified atom stereocenters. The van der Waals surface area contributed by atoms with E-state index in [2.05, 4.69) is 16.1 Å². The Morgan fingerprint density at radius 2 is 2.23 bits per heavy atom. The lowest BCUT2D eigenvalue weighted by Gasteiger charge is -2.19. The highest BCUT2D eigenvalue weighted by Gasteiger charge is 2.17. The van der Waals surface area contributed by atoms with Crippen LogP contribution in [0.15, 0.2) is 24.3 Å². The summed E-state index contributed by atoms with van der Waals surface area (Å²) in [6, 6.07) is 8.95. The third-order valence-electron chi connectivity index (χ3n) is 3.83. The van der Waals surface area contributed by atoms with Gasteiger partial charge in [0.1, 0.15) is 6.07 Å². The van der Waals surface area contributed by atoms with Gasteiger partial charge in [-0.2, -0.15) is 10.4 Å². The Balaban J connectivity index is 1.75. The molecule has 3 rings (SSSR count).